The number of hydrogen-bond donors (Lipinski definition) is 0. The fourth-order valence-corrected chi connectivity index (χ4v) is 3.31. The largest absolute Gasteiger partial charge is 0.336 e. The van der Waals surface area contributed by atoms with Crippen LogP contribution >= 0.6 is 0 Å². The Kier molecular flexibility index (Phi) is 4.98. The van der Waals surface area contributed by atoms with E-state index in [1.807, 2.05) is 53.3 Å². The van der Waals surface area contributed by atoms with Crippen LogP contribution in [0.3, 0.4) is 0 Å². The number of carbonyl (C=O) groups is 1. The van der Waals surface area contributed by atoms with Gasteiger partial charge in [0.2, 0.25) is 5.91 Å². The van der Waals surface area contributed by atoms with Crippen molar-refractivity contribution in [1.29, 1.82) is 0 Å². The quantitative estimate of drug-likeness (QED) is 0.699. The molecule has 0 saturated carbocycles. The second-order valence-electron chi connectivity index (χ2n) is 6.74. The average molecular weight is 364 g/mol. The van der Waals surface area contributed by atoms with E-state index >= 15 is 0 Å². The molecule has 5 nitrogen and oxygen atoms in total. The number of para-hydroxylation sites is 1. The molecule has 1 amide bonds. The van der Waals surface area contributed by atoms with Crippen LogP contribution in [0.1, 0.15) is 11.3 Å². The third kappa shape index (κ3) is 4.23. The summed E-state index contributed by atoms with van der Waals surface area (Å²) < 4.78 is 15.2. The number of carbonyl (C=O) groups excluding carboxylic acids is 1. The van der Waals surface area contributed by atoms with E-state index in [1.165, 1.54) is 12.1 Å². The standard InChI is InChI=1S/C21H21FN4O/c22-18-6-4-5-17(13-18)14-25-12-11-24(16-21(25)27)15-19-9-10-26(23-19)20-7-2-1-3-8-20/h1-10,13H,11-12,14-16H2. The molecule has 0 radical (unpaired) electrons. The monoisotopic (exact) mass is 364 g/mol. The molecule has 0 N–H and O–H groups in total. The highest BCUT2D eigenvalue weighted by Crippen LogP contribution is 2.14. The third-order valence-corrected chi connectivity index (χ3v) is 4.71. The summed E-state index contributed by atoms with van der Waals surface area (Å²) in [4.78, 5) is 16.4. The molecule has 27 heavy (non-hydrogen) atoms. The van der Waals surface area contributed by atoms with Crippen molar-refractivity contribution in [3.05, 3.63) is 83.9 Å². The number of amides is 1. The van der Waals surface area contributed by atoms with Crippen molar-refractivity contribution in [3.63, 3.8) is 0 Å². The van der Waals surface area contributed by atoms with Gasteiger partial charge in [-0.2, -0.15) is 5.10 Å². The Morgan fingerprint density at radius 3 is 2.59 bits per heavy atom. The molecule has 0 spiro atoms. The highest BCUT2D eigenvalue weighted by atomic mass is 19.1. The van der Waals surface area contributed by atoms with Gasteiger partial charge in [-0.25, -0.2) is 9.07 Å². The second-order valence-corrected chi connectivity index (χ2v) is 6.74. The number of benzene rings is 2. The van der Waals surface area contributed by atoms with Gasteiger partial charge in [-0.15, -0.1) is 0 Å². The molecular formula is C21H21FN4O. The van der Waals surface area contributed by atoms with E-state index in [0.29, 0.717) is 26.2 Å². The topological polar surface area (TPSA) is 41.4 Å². The predicted molar refractivity (Wildman–Crippen MR) is 101 cm³/mol. The lowest BCUT2D eigenvalue weighted by Crippen LogP contribution is -2.49. The number of piperazine rings is 1. The molecule has 2 aromatic carbocycles. The van der Waals surface area contributed by atoms with Gasteiger partial charge in [0.15, 0.2) is 0 Å². The van der Waals surface area contributed by atoms with Gasteiger partial charge in [0.1, 0.15) is 5.82 Å². The summed E-state index contributed by atoms with van der Waals surface area (Å²) >= 11 is 0. The van der Waals surface area contributed by atoms with Crippen LogP contribution in [0.25, 0.3) is 5.69 Å². The minimum absolute atomic E-state index is 0.0630. The highest BCUT2D eigenvalue weighted by Gasteiger charge is 2.24. The molecule has 0 aliphatic carbocycles. The average Bonchev–Trinajstić information content (AvgIpc) is 3.13. The Balaban J connectivity index is 1.35. The van der Waals surface area contributed by atoms with Crippen molar-refractivity contribution < 1.29 is 9.18 Å². The van der Waals surface area contributed by atoms with Gasteiger partial charge in [-0.3, -0.25) is 9.69 Å². The number of halogens is 1. The molecule has 4 rings (SSSR count). The first-order valence-electron chi connectivity index (χ1n) is 9.02. The molecule has 0 atom stereocenters. The van der Waals surface area contributed by atoms with Gasteiger partial charge in [0.25, 0.3) is 0 Å². The van der Waals surface area contributed by atoms with E-state index in [-0.39, 0.29) is 11.7 Å². The number of nitrogens with zero attached hydrogens (tertiary/aromatic N) is 4. The lowest BCUT2D eigenvalue weighted by Gasteiger charge is -2.34. The fraction of sp³-hybridized carbons (Fsp3) is 0.238. The molecule has 138 valence electrons. The Bertz CT molecular complexity index is 925. The van der Waals surface area contributed by atoms with Gasteiger partial charge in [0, 0.05) is 32.4 Å². The fourth-order valence-electron chi connectivity index (χ4n) is 3.31. The molecular weight excluding hydrogens is 343 g/mol. The lowest BCUT2D eigenvalue weighted by atomic mass is 10.2. The summed E-state index contributed by atoms with van der Waals surface area (Å²) in [5.41, 5.74) is 2.77. The van der Waals surface area contributed by atoms with Crippen molar-refractivity contribution in [2.75, 3.05) is 19.6 Å². The highest BCUT2D eigenvalue weighted by molar-refractivity contribution is 5.79. The first-order valence-corrected chi connectivity index (χ1v) is 9.02. The zero-order chi connectivity index (χ0) is 18.6. The molecule has 0 bridgehead atoms. The Hall–Kier alpha value is -2.99. The van der Waals surface area contributed by atoms with Crippen molar-refractivity contribution >= 4 is 5.91 Å². The summed E-state index contributed by atoms with van der Waals surface area (Å²) in [6, 6.07) is 18.3. The molecule has 0 unspecified atom stereocenters. The molecule has 1 saturated heterocycles. The van der Waals surface area contributed by atoms with Crippen LogP contribution in [-0.4, -0.2) is 45.1 Å². The van der Waals surface area contributed by atoms with Crippen LogP contribution in [0, 0.1) is 5.82 Å². The third-order valence-electron chi connectivity index (χ3n) is 4.71. The van der Waals surface area contributed by atoms with Gasteiger partial charge in [0.05, 0.1) is 17.9 Å². The molecule has 6 heteroatoms. The van der Waals surface area contributed by atoms with Gasteiger partial charge >= 0.3 is 0 Å². The first-order chi connectivity index (χ1) is 13.2. The summed E-state index contributed by atoms with van der Waals surface area (Å²) in [6.07, 6.45) is 1.94. The predicted octanol–water partition coefficient (Wildman–Crippen LogP) is 2.86. The van der Waals surface area contributed by atoms with Crippen molar-refractivity contribution in [2.24, 2.45) is 0 Å². The molecule has 3 aromatic rings. The lowest BCUT2D eigenvalue weighted by molar-refractivity contribution is -0.136. The number of aromatic nitrogens is 2. The zero-order valence-corrected chi connectivity index (χ0v) is 15.0. The van der Waals surface area contributed by atoms with Gasteiger partial charge < -0.3 is 4.90 Å². The second kappa shape index (κ2) is 7.72. The smallest absolute Gasteiger partial charge is 0.237 e. The van der Waals surface area contributed by atoms with Crippen LogP contribution < -0.4 is 0 Å². The van der Waals surface area contributed by atoms with Crippen LogP contribution in [-0.2, 0) is 17.9 Å². The summed E-state index contributed by atoms with van der Waals surface area (Å²) in [5.74, 6) is -0.208. The van der Waals surface area contributed by atoms with Crippen molar-refractivity contribution in [2.45, 2.75) is 13.1 Å². The maximum Gasteiger partial charge on any atom is 0.237 e. The van der Waals surface area contributed by atoms with E-state index < -0.39 is 0 Å². The van der Waals surface area contributed by atoms with E-state index in [1.54, 1.807) is 11.0 Å². The number of rotatable bonds is 5. The summed E-state index contributed by atoms with van der Waals surface area (Å²) in [7, 11) is 0. The number of hydrogen-bond acceptors (Lipinski definition) is 3. The normalized spacial score (nSPS) is 15.3. The van der Waals surface area contributed by atoms with E-state index in [4.69, 9.17) is 0 Å². The Morgan fingerprint density at radius 2 is 1.81 bits per heavy atom. The van der Waals surface area contributed by atoms with E-state index in [9.17, 15) is 9.18 Å². The Labute approximate surface area is 157 Å². The minimum atomic E-state index is -0.271. The van der Waals surface area contributed by atoms with Crippen LogP contribution in [0.4, 0.5) is 4.39 Å². The molecule has 1 fully saturated rings. The van der Waals surface area contributed by atoms with Crippen molar-refractivity contribution in [1.82, 2.24) is 19.6 Å². The zero-order valence-electron chi connectivity index (χ0n) is 15.0. The summed E-state index contributed by atoms with van der Waals surface area (Å²) in [6.45, 7) is 2.86. The van der Waals surface area contributed by atoms with E-state index in [0.717, 1.165) is 23.5 Å². The molecule has 2 heterocycles. The van der Waals surface area contributed by atoms with Crippen molar-refractivity contribution in [3.8, 4) is 5.69 Å². The van der Waals surface area contributed by atoms with E-state index in [2.05, 4.69) is 10.00 Å². The Morgan fingerprint density at radius 1 is 0.963 bits per heavy atom. The van der Waals surface area contributed by atoms with Crippen LogP contribution in [0.2, 0.25) is 0 Å². The van der Waals surface area contributed by atoms with Crippen LogP contribution in [0.15, 0.2) is 66.9 Å². The first kappa shape index (κ1) is 17.4. The minimum Gasteiger partial charge on any atom is -0.336 e. The molecule has 1 aliphatic heterocycles. The van der Waals surface area contributed by atoms with Gasteiger partial charge in [-0.1, -0.05) is 30.3 Å². The summed E-state index contributed by atoms with van der Waals surface area (Å²) in [5, 5.41) is 4.60. The SMILES string of the molecule is O=C1CN(Cc2ccn(-c3ccccc3)n2)CCN1Cc1cccc(F)c1. The maximum absolute atomic E-state index is 13.3. The van der Waals surface area contributed by atoms with Gasteiger partial charge in [-0.05, 0) is 35.9 Å². The maximum atomic E-state index is 13.3. The molecule has 1 aromatic heterocycles. The molecule has 1 aliphatic rings. The van der Waals surface area contributed by atoms with Crippen LogP contribution in [0.5, 0.6) is 0 Å².